The first-order chi connectivity index (χ1) is 8.03. The van der Waals surface area contributed by atoms with Crippen LogP contribution in [0.1, 0.15) is 50.2 Å². The standard InChI is InChI=1S/C15H24N2/c1-11-5-7-17-10-14(11)13-8-15(2,3)6-4-12(13)9-16/h5,7,10,12-13H,4,6,8-9,16H2,1-3H3. The van der Waals surface area contributed by atoms with Gasteiger partial charge in [0.25, 0.3) is 0 Å². The molecule has 2 nitrogen and oxygen atoms in total. The van der Waals surface area contributed by atoms with Crippen LogP contribution in [0, 0.1) is 18.3 Å². The van der Waals surface area contributed by atoms with Gasteiger partial charge >= 0.3 is 0 Å². The predicted octanol–water partition coefficient (Wildman–Crippen LogP) is 3.26. The summed E-state index contributed by atoms with van der Waals surface area (Å²) in [7, 11) is 0. The zero-order valence-electron chi connectivity index (χ0n) is 11.2. The topological polar surface area (TPSA) is 38.9 Å². The monoisotopic (exact) mass is 232 g/mol. The molecule has 2 rings (SSSR count). The van der Waals surface area contributed by atoms with Crippen molar-refractivity contribution in [2.24, 2.45) is 17.1 Å². The van der Waals surface area contributed by atoms with Crippen LogP contribution in [0.2, 0.25) is 0 Å². The SMILES string of the molecule is Cc1ccncc1C1CC(C)(C)CCC1CN. The number of aromatic nitrogens is 1. The second kappa shape index (κ2) is 4.77. The first kappa shape index (κ1) is 12.6. The average molecular weight is 232 g/mol. The summed E-state index contributed by atoms with van der Waals surface area (Å²) >= 11 is 0. The molecule has 1 aromatic rings. The first-order valence-corrected chi connectivity index (χ1v) is 6.64. The average Bonchev–Trinajstić information content (AvgIpc) is 2.28. The van der Waals surface area contributed by atoms with Crippen molar-refractivity contribution in [1.82, 2.24) is 4.98 Å². The predicted molar refractivity (Wildman–Crippen MR) is 71.9 cm³/mol. The van der Waals surface area contributed by atoms with E-state index < -0.39 is 0 Å². The van der Waals surface area contributed by atoms with Crippen molar-refractivity contribution in [3.05, 3.63) is 29.6 Å². The van der Waals surface area contributed by atoms with Crippen molar-refractivity contribution in [2.75, 3.05) is 6.54 Å². The Hall–Kier alpha value is -0.890. The smallest absolute Gasteiger partial charge is 0.0305 e. The van der Waals surface area contributed by atoms with Gasteiger partial charge in [-0.15, -0.1) is 0 Å². The molecular formula is C15H24N2. The normalized spacial score (nSPS) is 28.0. The third kappa shape index (κ3) is 2.68. The van der Waals surface area contributed by atoms with Crippen molar-refractivity contribution in [3.63, 3.8) is 0 Å². The fourth-order valence-electron chi connectivity index (χ4n) is 3.15. The first-order valence-electron chi connectivity index (χ1n) is 6.64. The van der Waals surface area contributed by atoms with Gasteiger partial charge in [-0.05, 0) is 67.2 Å². The second-order valence-electron chi connectivity index (χ2n) is 6.24. The van der Waals surface area contributed by atoms with Gasteiger partial charge in [0.15, 0.2) is 0 Å². The number of hydrogen-bond donors (Lipinski definition) is 1. The summed E-state index contributed by atoms with van der Waals surface area (Å²) in [5, 5.41) is 0. The Labute approximate surface area is 105 Å². The molecule has 2 unspecified atom stereocenters. The Bertz CT molecular complexity index is 384. The molecule has 2 N–H and O–H groups in total. The minimum atomic E-state index is 0.443. The Morgan fingerprint density at radius 1 is 1.47 bits per heavy atom. The van der Waals surface area contributed by atoms with Crippen LogP contribution in [-0.4, -0.2) is 11.5 Å². The van der Waals surface area contributed by atoms with Gasteiger partial charge in [0.2, 0.25) is 0 Å². The molecule has 0 radical (unpaired) electrons. The molecule has 0 bridgehead atoms. The molecule has 0 saturated heterocycles. The molecule has 0 amide bonds. The van der Waals surface area contributed by atoms with Gasteiger partial charge in [0.1, 0.15) is 0 Å². The van der Waals surface area contributed by atoms with Crippen LogP contribution >= 0.6 is 0 Å². The van der Waals surface area contributed by atoms with E-state index in [9.17, 15) is 0 Å². The summed E-state index contributed by atoms with van der Waals surface area (Å²) in [6.45, 7) is 7.73. The summed E-state index contributed by atoms with van der Waals surface area (Å²) in [4.78, 5) is 4.30. The Balaban J connectivity index is 2.30. The summed E-state index contributed by atoms with van der Waals surface area (Å²) in [5.41, 5.74) is 9.17. The zero-order valence-corrected chi connectivity index (χ0v) is 11.2. The quantitative estimate of drug-likeness (QED) is 0.850. The number of pyridine rings is 1. The highest BCUT2D eigenvalue weighted by molar-refractivity contribution is 5.27. The van der Waals surface area contributed by atoms with Crippen LogP contribution in [0.15, 0.2) is 18.5 Å². The molecule has 1 aliphatic rings. The lowest BCUT2D eigenvalue weighted by Gasteiger charge is -2.41. The highest BCUT2D eigenvalue weighted by Gasteiger charge is 2.35. The molecule has 2 atom stereocenters. The maximum absolute atomic E-state index is 5.95. The van der Waals surface area contributed by atoms with E-state index in [1.54, 1.807) is 0 Å². The van der Waals surface area contributed by atoms with Crippen LogP contribution in [0.5, 0.6) is 0 Å². The van der Waals surface area contributed by atoms with Crippen LogP contribution in [0.4, 0.5) is 0 Å². The van der Waals surface area contributed by atoms with E-state index in [4.69, 9.17) is 5.73 Å². The fourth-order valence-corrected chi connectivity index (χ4v) is 3.15. The number of hydrogen-bond acceptors (Lipinski definition) is 2. The third-order valence-electron chi connectivity index (χ3n) is 4.32. The maximum atomic E-state index is 5.95. The van der Waals surface area contributed by atoms with Crippen molar-refractivity contribution >= 4 is 0 Å². The van der Waals surface area contributed by atoms with Crippen LogP contribution < -0.4 is 5.73 Å². The number of aryl methyl sites for hydroxylation is 1. The largest absolute Gasteiger partial charge is 0.330 e. The lowest BCUT2D eigenvalue weighted by atomic mass is 9.65. The molecule has 17 heavy (non-hydrogen) atoms. The van der Waals surface area contributed by atoms with E-state index in [-0.39, 0.29) is 0 Å². The van der Waals surface area contributed by atoms with E-state index >= 15 is 0 Å². The van der Waals surface area contributed by atoms with Crippen LogP contribution in [0.25, 0.3) is 0 Å². The molecule has 1 aromatic heterocycles. The maximum Gasteiger partial charge on any atom is 0.0305 e. The number of nitrogens with two attached hydrogens (primary N) is 1. The molecule has 94 valence electrons. The van der Waals surface area contributed by atoms with Crippen molar-refractivity contribution in [1.29, 1.82) is 0 Å². The Kier molecular flexibility index (Phi) is 3.53. The number of nitrogens with zero attached hydrogens (tertiary/aromatic N) is 1. The fraction of sp³-hybridized carbons (Fsp3) is 0.667. The molecule has 0 spiro atoms. The van der Waals surface area contributed by atoms with Gasteiger partial charge in [-0.25, -0.2) is 0 Å². The molecule has 1 saturated carbocycles. The summed E-state index contributed by atoms with van der Waals surface area (Å²) in [5.74, 6) is 1.23. The highest BCUT2D eigenvalue weighted by atomic mass is 14.6. The second-order valence-corrected chi connectivity index (χ2v) is 6.24. The van der Waals surface area contributed by atoms with E-state index in [0.717, 1.165) is 6.54 Å². The Morgan fingerprint density at radius 2 is 2.24 bits per heavy atom. The highest BCUT2D eigenvalue weighted by Crippen LogP contribution is 2.46. The van der Waals surface area contributed by atoms with E-state index in [2.05, 4.69) is 31.8 Å². The van der Waals surface area contributed by atoms with Gasteiger partial charge in [-0.1, -0.05) is 13.8 Å². The Morgan fingerprint density at radius 3 is 2.88 bits per heavy atom. The van der Waals surface area contributed by atoms with E-state index in [1.165, 1.54) is 30.4 Å². The van der Waals surface area contributed by atoms with Crippen LogP contribution in [0.3, 0.4) is 0 Å². The zero-order chi connectivity index (χ0) is 12.5. The van der Waals surface area contributed by atoms with Crippen molar-refractivity contribution in [2.45, 2.75) is 46.0 Å². The summed E-state index contributed by atoms with van der Waals surface area (Å²) in [6.07, 6.45) is 7.71. The molecule has 1 fully saturated rings. The van der Waals surface area contributed by atoms with Gasteiger partial charge < -0.3 is 5.73 Å². The van der Waals surface area contributed by atoms with Gasteiger partial charge in [-0.3, -0.25) is 4.98 Å². The van der Waals surface area contributed by atoms with Crippen molar-refractivity contribution in [3.8, 4) is 0 Å². The molecule has 1 aliphatic carbocycles. The van der Waals surface area contributed by atoms with Crippen molar-refractivity contribution < 1.29 is 0 Å². The van der Waals surface area contributed by atoms with Gasteiger partial charge in [0, 0.05) is 12.4 Å². The van der Waals surface area contributed by atoms with Gasteiger partial charge in [-0.2, -0.15) is 0 Å². The van der Waals surface area contributed by atoms with E-state index in [1.807, 2.05) is 12.4 Å². The van der Waals surface area contributed by atoms with E-state index in [0.29, 0.717) is 17.3 Å². The van der Waals surface area contributed by atoms with Crippen LogP contribution in [-0.2, 0) is 0 Å². The summed E-state index contributed by atoms with van der Waals surface area (Å²) in [6, 6.07) is 2.12. The molecule has 0 aliphatic heterocycles. The molecular weight excluding hydrogens is 208 g/mol. The summed E-state index contributed by atoms with van der Waals surface area (Å²) < 4.78 is 0. The minimum Gasteiger partial charge on any atom is -0.330 e. The molecule has 2 heteroatoms. The minimum absolute atomic E-state index is 0.443. The molecule has 0 aromatic carbocycles. The van der Waals surface area contributed by atoms with Gasteiger partial charge in [0.05, 0.1) is 0 Å². The molecule has 1 heterocycles. The lowest BCUT2D eigenvalue weighted by Crippen LogP contribution is -2.33. The number of rotatable bonds is 2. The lowest BCUT2D eigenvalue weighted by molar-refractivity contribution is 0.165. The third-order valence-corrected chi connectivity index (χ3v) is 4.32.